The van der Waals surface area contributed by atoms with E-state index in [2.05, 4.69) is 26.0 Å². The SMILES string of the molecule is Cc1cccc(OC(C)C(=O)NNC(=O)CCc2nc(-c3ccncc3)no2)c1C. The summed E-state index contributed by atoms with van der Waals surface area (Å²) in [6, 6.07) is 9.16. The number of amides is 2. The lowest BCUT2D eigenvalue weighted by Gasteiger charge is -2.17. The molecule has 1 aromatic carbocycles. The molecule has 9 heteroatoms. The number of carbonyl (C=O) groups is 2. The summed E-state index contributed by atoms with van der Waals surface area (Å²) in [5.41, 5.74) is 7.54. The third kappa shape index (κ3) is 5.40. The fourth-order valence-corrected chi connectivity index (χ4v) is 2.59. The van der Waals surface area contributed by atoms with E-state index in [1.807, 2.05) is 26.0 Å². The molecule has 0 spiro atoms. The topological polar surface area (TPSA) is 119 Å². The van der Waals surface area contributed by atoms with E-state index in [9.17, 15) is 9.59 Å². The van der Waals surface area contributed by atoms with Gasteiger partial charge in [0.2, 0.25) is 17.6 Å². The molecule has 156 valence electrons. The molecular formula is C21H23N5O4. The lowest BCUT2D eigenvalue weighted by atomic mass is 10.1. The minimum atomic E-state index is -0.773. The number of hydrazine groups is 1. The van der Waals surface area contributed by atoms with E-state index in [-0.39, 0.29) is 18.7 Å². The summed E-state index contributed by atoms with van der Waals surface area (Å²) in [6.07, 6.45) is 2.81. The molecule has 1 unspecified atom stereocenters. The molecular weight excluding hydrogens is 386 g/mol. The zero-order chi connectivity index (χ0) is 21.5. The molecule has 0 fully saturated rings. The monoisotopic (exact) mass is 409 g/mol. The van der Waals surface area contributed by atoms with Crippen molar-refractivity contribution in [2.24, 2.45) is 0 Å². The van der Waals surface area contributed by atoms with Crippen LogP contribution in [0.2, 0.25) is 0 Å². The highest BCUT2D eigenvalue weighted by molar-refractivity contribution is 5.84. The number of aromatic nitrogens is 3. The molecule has 2 heterocycles. The van der Waals surface area contributed by atoms with Gasteiger partial charge >= 0.3 is 0 Å². The molecule has 30 heavy (non-hydrogen) atoms. The molecule has 0 saturated heterocycles. The summed E-state index contributed by atoms with van der Waals surface area (Å²) in [5.74, 6) is 0.548. The molecule has 3 rings (SSSR count). The molecule has 0 aliphatic heterocycles. The lowest BCUT2D eigenvalue weighted by Crippen LogP contribution is -2.47. The van der Waals surface area contributed by atoms with Gasteiger partial charge in [-0.25, -0.2) is 0 Å². The van der Waals surface area contributed by atoms with Crippen LogP contribution >= 0.6 is 0 Å². The van der Waals surface area contributed by atoms with Gasteiger partial charge in [0.25, 0.3) is 5.91 Å². The fourth-order valence-electron chi connectivity index (χ4n) is 2.59. The van der Waals surface area contributed by atoms with Gasteiger partial charge in [-0.15, -0.1) is 0 Å². The second kappa shape index (κ2) is 9.64. The van der Waals surface area contributed by atoms with Crippen LogP contribution in [0.4, 0.5) is 0 Å². The predicted molar refractivity (Wildman–Crippen MR) is 108 cm³/mol. The first kappa shape index (κ1) is 21.0. The third-order valence-corrected chi connectivity index (χ3v) is 4.53. The largest absolute Gasteiger partial charge is 0.481 e. The summed E-state index contributed by atoms with van der Waals surface area (Å²) in [6.45, 7) is 5.51. The Kier molecular flexibility index (Phi) is 6.74. The average molecular weight is 409 g/mol. The zero-order valence-electron chi connectivity index (χ0n) is 17.0. The Morgan fingerprint density at radius 1 is 1.13 bits per heavy atom. The highest BCUT2D eigenvalue weighted by atomic mass is 16.5. The van der Waals surface area contributed by atoms with Gasteiger partial charge in [0, 0.05) is 30.8 Å². The molecule has 0 aliphatic carbocycles. The van der Waals surface area contributed by atoms with Gasteiger partial charge < -0.3 is 9.26 Å². The molecule has 2 N–H and O–H groups in total. The van der Waals surface area contributed by atoms with Gasteiger partial charge in [-0.1, -0.05) is 17.3 Å². The van der Waals surface area contributed by atoms with Crippen LogP contribution in [-0.4, -0.2) is 33.0 Å². The van der Waals surface area contributed by atoms with E-state index >= 15 is 0 Å². The molecule has 0 bridgehead atoms. The summed E-state index contributed by atoms with van der Waals surface area (Å²) >= 11 is 0. The van der Waals surface area contributed by atoms with Crippen LogP contribution in [-0.2, 0) is 16.0 Å². The Morgan fingerprint density at radius 2 is 1.90 bits per heavy atom. The van der Waals surface area contributed by atoms with E-state index in [1.54, 1.807) is 37.5 Å². The molecule has 2 aromatic heterocycles. The highest BCUT2D eigenvalue weighted by Crippen LogP contribution is 2.21. The van der Waals surface area contributed by atoms with E-state index in [1.165, 1.54) is 0 Å². The Labute approximate surface area is 173 Å². The van der Waals surface area contributed by atoms with Crippen molar-refractivity contribution in [1.82, 2.24) is 26.0 Å². The first-order valence-corrected chi connectivity index (χ1v) is 9.48. The molecule has 0 radical (unpaired) electrons. The first-order valence-electron chi connectivity index (χ1n) is 9.48. The minimum absolute atomic E-state index is 0.0739. The van der Waals surface area contributed by atoms with E-state index in [4.69, 9.17) is 9.26 Å². The number of hydrogen-bond donors (Lipinski definition) is 2. The van der Waals surface area contributed by atoms with Crippen molar-refractivity contribution >= 4 is 11.8 Å². The smallest absolute Gasteiger partial charge is 0.279 e. The average Bonchev–Trinajstić information content (AvgIpc) is 3.23. The zero-order valence-corrected chi connectivity index (χ0v) is 17.0. The van der Waals surface area contributed by atoms with Crippen molar-refractivity contribution in [3.8, 4) is 17.1 Å². The number of nitrogens with zero attached hydrogens (tertiary/aromatic N) is 3. The Hall–Kier alpha value is -3.75. The fraction of sp³-hybridized carbons (Fsp3) is 0.286. The maximum absolute atomic E-state index is 12.2. The number of pyridine rings is 1. The maximum atomic E-state index is 12.2. The van der Waals surface area contributed by atoms with Crippen LogP contribution in [0.25, 0.3) is 11.4 Å². The van der Waals surface area contributed by atoms with Crippen molar-refractivity contribution in [3.05, 3.63) is 59.7 Å². The first-order chi connectivity index (χ1) is 14.4. The highest BCUT2D eigenvalue weighted by Gasteiger charge is 2.17. The van der Waals surface area contributed by atoms with Crippen LogP contribution in [0.5, 0.6) is 5.75 Å². The number of ether oxygens (including phenoxy) is 1. The van der Waals surface area contributed by atoms with Gasteiger partial charge in [-0.05, 0) is 50.1 Å². The van der Waals surface area contributed by atoms with Crippen molar-refractivity contribution < 1.29 is 18.8 Å². The standard InChI is InChI=1S/C21H23N5O4/c1-13-5-4-6-17(14(13)2)29-15(3)21(28)25-24-18(27)7-8-19-23-20(26-30-19)16-9-11-22-12-10-16/h4-6,9-12,15H,7-8H2,1-3H3,(H,24,27)(H,25,28). The normalized spacial score (nSPS) is 11.6. The number of benzene rings is 1. The quantitative estimate of drug-likeness (QED) is 0.575. The number of carbonyl (C=O) groups excluding carboxylic acids is 2. The lowest BCUT2D eigenvalue weighted by molar-refractivity contribution is -0.132. The van der Waals surface area contributed by atoms with Crippen molar-refractivity contribution in [3.63, 3.8) is 0 Å². The molecule has 3 aromatic rings. The molecule has 1 atom stereocenters. The van der Waals surface area contributed by atoms with Gasteiger partial charge in [0.1, 0.15) is 5.75 Å². The maximum Gasteiger partial charge on any atom is 0.279 e. The summed E-state index contributed by atoms with van der Waals surface area (Å²) in [5, 5.41) is 3.88. The Balaban J connectivity index is 1.43. The van der Waals surface area contributed by atoms with E-state index in [0.29, 0.717) is 17.5 Å². The van der Waals surface area contributed by atoms with Crippen LogP contribution < -0.4 is 15.6 Å². The van der Waals surface area contributed by atoms with Crippen molar-refractivity contribution in [2.45, 2.75) is 39.7 Å². The number of aryl methyl sites for hydroxylation is 2. The second-order valence-electron chi connectivity index (χ2n) is 6.74. The van der Waals surface area contributed by atoms with Crippen molar-refractivity contribution in [2.75, 3.05) is 0 Å². The summed E-state index contributed by atoms with van der Waals surface area (Å²) < 4.78 is 10.8. The van der Waals surface area contributed by atoms with Gasteiger partial charge in [0.05, 0.1) is 0 Å². The second-order valence-corrected chi connectivity index (χ2v) is 6.74. The van der Waals surface area contributed by atoms with Gasteiger partial charge in [-0.3, -0.25) is 25.4 Å². The summed E-state index contributed by atoms with van der Waals surface area (Å²) in [4.78, 5) is 32.4. The van der Waals surface area contributed by atoms with Gasteiger partial charge in [-0.2, -0.15) is 4.98 Å². The number of hydrogen-bond acceptors (Lipinski definition) is 7. The van der Waals surface area contributed by atoms with Crippen LogP contribution in [0, 0.1) is 13.8 Å². The third-order valence-electron chi connectivity index (χ3n) is 4.53. The molecule has 2 amide bonds. The predicted octanol–water partition coefficient (Wildman–Crippen LogP) is 2.30. The van der Waals surface area contributed by atoms with Crippen LogP contribution in [0.3, 0.4) is 0 Å². The van der Waals surface area contributed by atoms with Crippen LogP contribution in [0.15, 0.2) is 47.2 Å². The molecule has 9 nitrogen and oxygen atoms in total. The van der Waals surface area contributed by atoms with E-state index < -0.39 is 12.0 Å². The van der Waals surface area contributed by atoms with E-state index in [0.717, 1.165) is 16.7 Å². The Morgan fingerprint density at radius 3 is 2.67 bits per heavy atom. The molecule has 0 saturated carbocycles. The minimum Gasteiger partial charge on any atom is -0.481 e. The van der Waals surface area contributed by atoms with Crippen LogP contribution in [0.1, 0.15) is 30.4 Å². The Bertz CT molecular complexity index is 1020. The van der Waals surface area contributed by atoms with Crippen molar-refractivity contribution in [1.29, 1.82) is 0 Å². The molecule has 0 aliphatic rings. The number of nitrogens with one attached hydrogen (secondary N) is 2. The number of rotatable bonds is 7. The van der Waals surface area contributed by atoms with Gasteiger partial charge in [0.15, 0.2) is 6.10 Å². The summed E-state index contributed by atoms with van der Waals surface area (Å²) in [7, 11) is 0.